The lowest BCUT2D eigenvalue weighted by molar-refractivity contribution is 0.0154. The van der Waals surface area contributed by atoms with Crippen LogP contribution in [0.2, 0.25) is 0 Å². The summed E-state index contributed by atoms with van der Waals surface area (Å²) in [7, 11) is 1.75. The van der Waals surface area contributed by atoms with Crippen LogP contribution in [0.15, 0.2) is 12.4 Å². The molecule has 0 saturated heterocycles. The van der Waals surface area contributed by atoms with Gasteiger partial charge in [0, 0.05) is 24.9 Å². The predicted octanol–water partition coefficient (Wildman–Crippen LogP) is 1.88. The SMILES string of the molecule is COC(C)(C)CCNC(C)c1cn[nH]c1. The highest BCUT2D eigenvalue weighted by Gasteiger charge is 2.16. The summed E-state index contributed by atoms with van der Waals surface area (Å²) in [4.78, 5) is 0. The molecular weight excluding hydrogens is 190 g/mol. The molecule has 0 spiro atoms. The van der Waals surface area contributed by atoms with Gasteiger partial charge in [0.1, 0.15) is 0 Å². The van der Waals surface area contributed by atoms with Crippen LogP contribution < -0.4 is 5.32 Å². The third kappa shape index (κ3) is 4.01. The van der Waals surface area contributed by atoms with Crippen LogP contribution in [-0.2, 0) is 4.74 Å². The zero-order chi connectivity index (χ0) is 11.3. The second-order valence-corrected chi connectivity index (χ2v) is 4.42. The summed E-state index contributed by atoms with van der Waals surface area (Å²) in [6, 6.07) is 0.330. The molecule has 4 heteroatoms. The van der Waals surface area contributed by atoms with Crippen molar-refractivity contribution in [2.24, 2.45) is 0 Å². The minimum absolute atomic E-state index is 0.0525. The Morgan fingerprint density at radius 3 is 2.87 bits per heavy atom. The van der Waals surface area contributed by atoms with Crippen LogP contribution in [0.25, 0.3) is 0 Å². The molecule has 1 aromatic rings. The average molecular weight is 211 g/mol. The van der Waals surface area contributed by atoms with Crippen molar-refractivity contribution >= 4 is 0 Å². The molecule has 0 amide bonds. The van der Waals surface area contributed by atoms with Gasteiger partial charge in [-0.3, -0.25) is 5.10 Å². The van der Waals surface area contributed by atoms with E-state index in [-0.39, 0.29) is 5.60 Å². The first kappa shape index (κ1) is 12.2. The van der Waals surface area contributed by atoms with Gasteiger partial charge in [0.15, 0.2) is 0 Å². The fourth-order valence-electron chi connectivity index (χ4n) is 1.31. The smallest absolute Gasteiger partial charge is 0.0634 e. The van der Waals surface area contributed by atoms with Gasteiger partial charge in [0.2, 0.25) is 0 Å². The van der Waals surface area contributed by atoms with Gasteiger partial charge in [-0.15, -0.1) is 0 Å². The molecule has 0 radical (unpaired) electrons. The van der Waals surface area contributed by atoms with Crippen molar-refractivity contribution in [2.75, 3.05) is 13.7 Å². The first-order valence-corrected chi connectivity index (χ1v) is 5.32. The van der Waals surface area contributed by atoms with E-state index in [2.05, 4.69) is 36.3 Å². The first-order valence-electron chi connectivity index (χ1n) is 5.32. The van der Waals surface area contributed by atoms with Crippen molar-refractivity contribution in [3.05, 3.63) is 18.0 Å². The number of nitrogens with zero attached hydrogens (tertiary/aromatic N) is 1. The number of rotatable bonds is 6. The Morgan fingerprint density at radius 1 is 1.60 bits per heavy atom. The molecule has 0 bridgehead atoms. The normalized spacial score (nSPS) is 14.1. The molecular formula is C11H21N3O. The number of methoxy groups -OCH3 is 1. The molecule has 0 fully saturated rings. The maximum absolute atomic E-state index is 5.35. The lowest BCUT2D eigenvalue weighted by Crippen LogP contribution is -2.30. The second-order valence-electron chi connectivity index (χ2n) is 4.42. The molecule has 0 aliphatic rings. The minimum atomic E-state index is -0.0525. The molecule has 1 atom stereocenters. The molecule has 86 valence electrons. The minimum Gasteiger partial charge on any atom is -0.379 e. The van der Waals surface area contributed by atoms with E-state index in [1.807, 2.05) is 12.4 Å². The molecule has 0 saturated carbocycles. The molecule has 15 heavy (non-hydrogen) atoms. The van der Waals surface area contributed by atoms with Gasteiger partial charge in [0.25, 0.3) is 0 Å². The van der Waals surface area contributed by atoms with E-state index < -0.39 is 0 Å². The summed E-state index contributed by atoms with van der Waals surface area (Å²) in [5.74, 6) is 0. The number of hydrogen-bond acceptors (Lipinski definition) is 3. The Kier molecular flexibility index (Phi) is 4.29. The monoisotopic (exact) mass is 211 g/mol. The summed E-state index contributed by atoms with van der Waals surface area (Å²) >= 11 is 0. The zero-order valence-electron chi connectivity index (χ0n) is 10.0. The van der Waals surface area contributed by atoms with Crippen molar-refractivity contribution in [1.29, 1.82) is 0 Å². The first-order chi connectivity index (χ1) is 7.05. The number of hydrogen-bond donors (Lipinski definition) is 2. The van der Waals surface area contributed by atoms with Crippen molar-refractivity contribution in [2.45, 2.75) is 38.8 Å². The maximum atomic E-state index is 5.35. The second kappa shape index (κ2) is 5.28. The Bertz CT molecular complexity index is 269. The number of H-pyrrole nitrogens is 1. The lowest BCUT2D eigenvalue weighted by Gasteiger charge is -2.23. The van der Waals surface area contributed by atoms with Gasteiger partial charge in [0.05, 0.1) is 11.8 Å². The van der Waals surface area contributed by atoms with Crippen molar-refractivity contribution in [1.82, 2.24) is 15.5 Å². The zero-order valence-corrected chi connectivity index (χ0v) is 10.0. The highest BCUT2D eigenvalue weighted by atomic mass is 16.5. The van der Waals surface area contributed by atoms with Crippen molar-refractivity contribution in [3.8, 4) is 0 Å². The van der Waals surface area contributed by atoms with Gasteiger partial charge in [-0.05, 0) is 33.7 Å². The maximum Gasteiger partial charge on any atom is 0.0634 e. The molecule has 1 rings (SSSR count). The third-order valence-electron chi connectivity index (χ3n) is 2.75. The average Bonchev–Trinajstić information content (AvgIpc) is 2.70. The topological polar surface area (TPSA) is 49.9 Å². The van der Waals surface area contributed by atoms with Gasteiger partial charge in [-0.2, -0.15) is 5.10 Å². The van der Waals surface area contributed by atoms with Crippen LogP contribution in [0, 0.1) is 0 Å². The van der Waals surface area contributed by atoms with Gasteiger partial charge < -0.3 is 10.1 Å². The summed E-state index contributed by atoms with van der Waals surface area (Å²) in [5, 5.41) is 10.2. The van der Waals surface area contributed by atoms with E-state index in [0.29, 0.717) is 6.04 Å². The molecule has 0 aliphatic carbocycles. The fourth-order valence-corrected chi connectivity index (χ4v) is 1.31. The third-order valence-corrected chi connectivity index (χ3v) is 2.75. The van der Waals surface area contributed by atoms with Crippen LogP contribution in [0.1, 0.15) is 38.8 Å². The molecule has 0 aliphatic heterocycles. The van der Waals surface area contributed by atoms with Gasteiger partial charge in [-0.1, -0.05) is 0 Å². The molecule has 0 aromatic carbocycles. The summed E-state index contributed by atoms with van der Waals surface area (Å²) < 4.78 is 5.35. The fraction of sp³-hybridized carbons (Fsp3) is 0.727. The Morgan fingerprint density at radius 2 is 2.33 bits per heavy atom. The summed E-state index contributed by atoms with van der Waals surface area (Å²) in [6.07, 6.45) is 4.75. The van der Waals surface area contributed by atoms with Crippen LogP contribution in [0.5, 0.6) is 0 Å². The van der Waals surface area contributed by atoms with Crippen LogP contribution in [0.4, 0.5) is 0 Å². The number of aromatic nitrogens is 2. The van der Waals surface area contributed by atoms with Crippen molar-refractivity contribution < 1.29 is 4.74 Å². The van der Waals surface area contributed by atoms with Crippen molar-refractivity contribution in [3.63, 3.8) is 0 Å². The predicted molar refractivity (Wildman–Crippen MR) is 60.7 cm³/mol. The quantitative estimate of drug-likeness (QED) is 0.755. The summed E-state index contributed by atoms with van der Waals surface area (Å²) in [6.45, 7) is 7.26. The van der Waals surface area contributed by atoms with Gasteiger partial charge in [-0.25, -0.2) is 0 Å². The van der Waals surface area contributed by atoms with Crippen LogP contribution in [0.3, 0.4) is 0 Å². The Balaban J connectivity index is 2.26. The van der Waals surface area contributed by atoms with Crippen LogP contribution in [-0.4, -0.2) is 29.5 Å². The molecule has 2 N–H and O–H groups in total. The van der Waals surface area contributed by atoms with E-state index in [4.69, 9.17) is 4.74 Å². The number of nitrogens with one attached hydrogen (secondary N) is 2. The molecule has 1 unspecified atom stereocenters. The highest BCUT2D eigenvalue weighted by Crippen LogP contribution is 2.14. The van der Waals surface area contributed by atoms with Crippen LogP contribution >= 0.6 is 0 Å². The van der Waals surface area contributed by atoms with E-state index in [0.717, 1.165) is 13.0 Å². The lowest BCUT2D eigenvalue weighted by atomic mass is 10.0. The van der Waals surface area contributed by atoms with Gasteiger partial charge >= 0.3 is 0 Å². The molecule has 1 aromatic heterocycles. The Hall–Kier alpha value is -0.870. The highest BCUT2D eigenvalue weighted by molar-refractivity contribution is 5.07. The standard InChI is InChI=1S/C11H21N3O/c1-9(10-7-13-14-8-10)12-6-5-11(2,3)15-4/h7-9,12H,5-6H2,1-4H3,(H,13,14). The Labute approximate surface area is 91.4 Å². The van der Waals surface area contributed by atoms with E-state index in [1.54, 1.807) is 7.11 Å². The molecule has 1 heterocycles. The molecule has 4 nitrogen and oxygen atoms in total. The van der Waals surface area contributed by atoms with E-state index in [1.165, 1.54) is 5.56 Å². The summed E-state index contributed by atoms with van der Waals surface area (Å²) in [5.41, 5.74) is 1.13. The number of ether oxygens (including phenoxy) is 1. The number of aromatic amines is 1. The van der Waals surface area contributed by atoms with E-state index in [9.17, 15) is 0 Å². The van der Waals surface area contributed by atoms with E-state index >= 15 is 0 Å². The largest absolute Gasteiger partial charge is 0.379 e.